The maximum Gasteiger partial charge on any atom is 0.241 e. The zero-order valence-electron chi connectivity index (χ0n) is 17.8. The van der Waals surface area contributed by atoms with E-state index in [4.69, 9.17) is 4.52 Å². The van der Waals surface area contributed by atoms with Gasteiger partial charge in [-0.3, -0.25) is 9.69 Å². The SMILES string of the molecule is CC(C)c1ccccc1NC(=O)C1CCCN(Cc2nc(-c3ccc(F)cc3)no2)C1. The number of carbonyl (C=O) groups is 1. The summed E-state index contributed by atoms with van der Waals surface area (Å²) in [6.45, 7) is 6.25. The Morgan fingerprint density at radius 2 is 2.00 bits per heavy atom. The van der Waals surface area contributed by atoms with E-state index in [1.165, 1.54) is 12.1 Å². The summed E-state index contributed by atoms with van der Waals surface area (Å²) < 4.78 is 18.5. The highest BCUT2D eigenvalue weighted by Crippen LogP contribution is 2.26. The molecule has 7 heteroatoms. The second-order valence-corrected chi connectivity index (χ2v) is 8.32. The van der Waals surface area contributed by atoms with Crippen LogP contribution in [-0.4, -0.2) is 34.0 Å². The summed E-state index contributed by atoms with van der Waals surface area (Å²) in [5.41, 5.74) is 2.74. The number of para-hydroxylation sites is 1. The number of halogens is 1. The molecule has 1 amide bonds. The highest BCUT2D eigenvalue weighted by atomic mass is 19.1. The molecule has 0 saturated carbocycles. The van der Waals surface area contributed by atoms with Crippen molar-refractivity contribution in [2.24, 2.45) is 5.92 Å². The minimum absolute atomic E-state index is 0.0512. The molecule has 3 aromatic rings. The third-order valence-corrected chi connectivity index (χ3v) is 5.65. The number of nitrogens with zero attached hydrogens (tertiary/aromatic N) is 3. The van der Waals surface area contributed by atoms with Gasteiger partial charge in [0.15, 0.2) is 0 Å². The molecule has 31 heavy (non-hydrogen) atoms. The monoisotopic (exact) mass is 422 g/mol. The Morgan fingerprint density at radius 3 is 2.77 bits per heavy atom. The maximum absolute atomic E-state index is 13.1. The molecular formula is C24H27FN4O2. The molecule has 2 heterocycles. The summed E-state index contributed by atoms with van der Waals surface area (Å²) in [4.78, 5) is 19.5. The number of amides is 1. The predicted octanol–water partition coefficient (Wildman–Crippen LogP) is 4.85. The molecule has 1 N–H and O–H groups in total. The van der Waals surface area contributed by atoms with Crippen LogP contribution in [0.5, 0.6) is 0 Å². The second-order valence-electron chi connectivity index (χ2n) is 8.32. The van der Waals surface area contributed by atoms with Crippen molar-refractivity contribution >= 4 is 11.6 Å². The number of anilines is 1. The lowest BCUT2D eigenvalue weighted by atomic mass is 9.96. The summed E-state index contributed by atoms with van der Waals surface area (Å²) in [5.74, 6) is 0.925. The molecular weight excluding hydrogens is 395 g/mol. The fourth-order valence-corrected chi connectivity index (χ4v) is 3.99. The topological polar surface area (TPSA) is 71.3 Å². The molecule has 1 fully saturated rings. The van der Waals surface area contributed by atoms with Crippen molar-refractivity contribution in [3.05, 3.63) is 65.8 Å². The molecule has 1 unspecified atom stereocenters. The number of rotatable bonds is 6. The minimum Gasteiger partial charge on any atom is -0.338 e. The van der Waals surface area contributed by atoms with Crippen LogP contribution < -0.4 is 5.32 Å². The van der Waals surface area contributed by atoms with Crippen molar-refractivity contribution in [2.75, 3.05) is 18.4 Å². The molecule has 1 saturated heterocycles. The van der Waals surface area contributed by atoms with Gasteiger partial charge in [0.05, 0.1) is 12.5 Å². The molecule has 1 aromatic heterocycles. The quantitative estimate of drug-likeness (QED) is 0.615. The molecule has 2 aromatic carbocycles. The van der Waals surface area contributed by atoms with Crippen LogP contribution >= 0.6 is 0 Å². The van der Waals surface area contributed by atoms with Crippen molar-refractivity contribution in [3.8, 4) is 11.4 Å². The van der Waals surface area contributed by atoms with E-state index in [2.05, 4.69) is 40.3 Å². The average Bonchev–Trinajstić information content (AvgIpc) is 3.23. The minimum atomic E-state index is -0.305. The number of nitrogens with one attached hydrogen (secondary N) is 1. The Labute approximate surface area is 181 Å². The number of piperidine rings is 1. The van der Waals surface area contributed by atoms with Crippen molar-refractivity contribution < 1.29 is 13.7 Å². The zero-order chi connectivity index (χ0) is 21.8. The van der Waals surface area contributed by atoms with Crippen LogP contribution in [0.25, 0.3) is 11.4 Å². The number of carbonyl (C=O) groups excluding carboxylic acids is 1. The number of benzene rings is 2. The first-order valence-corrected chi connectivity index (χ1v) is 10.7. The lowest BCUT2D eigenvalue weighted by Crippen LogP contribution is -2.40. The number of likely N-dealkylation sites (tertiary alicyclic amines) is 1. The molecule has 0 spiro atoms. The van der Waals surface area contributed by atoms with E-state index in [0.717, 1.165) is 30.6 Å². The van der Waals surface area contributed by atoms with Gasteiger partial charge in [0, 0.05) is 17.8 Å². The molecule has 1 atom stereocenters. The molecule has 0 bridgehead atoms. The van der Waals surface area contributed by atoms with Gasteiger partial charge in [-0.1, -0.05) is 37.2 Å². The summed E-state index contributed by atoms with van der Waals surface area (Å²) in [5, 5.41) is 7.13. The van der Waals surface area contributed by atoms with E-state index < -0.39 is 0 Å². The second kappa shape index (κ2) is 9.39. The number of hydrogen-bond donors (Lipinski definition) is 1. The summed E-state index contributed by atoms with van der Waals surface area (Å²) >= 11 is 0. The zero-order valence-corrected chi connectivity index (χ0v) is 17.8. The van der Waals surface area contributed by atoms with Crippen LogP contribution in [-0.2, 0) is 11.3 Å². The van der Waals surface area contributed by atoms with E-state index in [1.54, 1.807) is 12.1 Å². The van der Waals surface area contributed by atoms with E-state index in [9.17, 15) is 9.18 Å². The first kappa shape index (κ1) is 21.2. The third kappa shape index (κ3) is 5.17. The van der Waals surface area contributed by atoms with Crippen LogP contribution in [0.3, 0.4) is 0 Å². The van der Waals surface area contributed by atoms with Crippen molar-refractivity contribution in [3.63, 3.8) is 0 Å². The van der Waals surface area contributed by atoms with Gasteiger partial charge in [0.1, 0.15) is 5.82 Å². The summed E-state index contributed by atoms with van der Waals surface area (Å²) in [6, 6.07) is 14.0. The lowest BCUT2D eigenvalue weighted by Gasteiger charge is -2.31. The molecule has 1 aliphatic heterocycles. The van der Waals surface area contributed by atoms with Crippen LogP contribution in [0.15, 0.2) is 53.1 Å². The normalized spacial score (nSPS) is 17.1. The van der Waals surface area contributed by atoms with Crippen molar-refractivity contribution in [1.82, 2.24) is 15.0 Å². The smallest absolute Gasteiger partial charge is 0.241 e. The predicted molar refractivity (Wildman–Crippen MR) is 117 cm³/mol. The highest BCUT2D eigenvalue weighted by Gasteiger charge is 2.27. The standard InChI is InChI=1S/C24H27FN4O2/c1-16(2)20-7-3-4-8-21(20)26-24(30)18-6-5-13-29(14-18)15-22-27-23(28-31-22)17-9-11-19(25)12-10-17/h3-4,7-12,16,18H,5-6,13-15H2,1-2H3,(H,26,30). The van der Waals surface area contributed by atoms with Gasteiger partial charge in [-0.2, -0.15) is 4.98 Å². The van der Waals surface area contributed by atoms with Crippen LogP contribution in [0, 0.1) is 11.7 Å². The number of hydrogen-bond acceptors (Lipinski definition) is 5. The first-order chi connectivity index (χ1) is 15.0. The van der Waals surface area contributed by atoms with Gasteiger partial charge in [0.2, 0.25) is 17.6 Å². The number of aromatic nitrogens is 2. The Morgan fingerprint density at radius 1 is 1.23 bits per heavy atom. The van der Waals surface area contributed by atoms with Gasteiger partial charge in [-0.05, 0) is 61.2 Å². The van der Waals surface area contributed by atoms with E-state index in [0.29, 0.717) is 36.3 Å². The summed E-state index contributed by atoms with van der Waals surface area (Å²) in [6.07, 6.45) is 1.79. The van der Waals surface area contributed by atoms with Gasteiger partial charge in [-0.15, -0.1) is 0 Å². The molecule has 0 radical (unpaired) electrons. The van der Waals surface area contributed by atoms with Gasteiger partial charge in [-0.25, -0.2) is 4.39 Å². The average molecular weight is 423 g/mol. The van der Waals surface area contributed by atoms with Crippen LogP contribution in [0.2, 0.25) is 0 Å². The van der Waals surface area contributed by atoms with E-state index in [-0.39, 0.29) is 17.6 Å². The van der Waals surface area contributed by atoms with Crippen LogP contribution in [0.1, 0.15) is 44.1 Å². The van der Waals surface area contributed by atoms with Gasteiger partial charge < -0.3 is 9.84 Å². The Balaban J connectivity index is 1.38. The molecule has 1 aliphatic rings. The summed E-state index contributed by atoms with van der Waals surface area (Å²) in [7, 11) is 0. The fourth-order valence-electron chi connectivity index (χ4n) is 3.99. The Hall–Kier alpha value is -3.06. The maximum atomic E-state index is 13.1. The van der Waals surface area contributed by atoms with Crippen LogP contribution in [0.4, 0.5) is 10.1 Å². The fraction of sp³-hybridized carbons (Fsp3) is 0.375. The Bertz CT molecular complexity index is 1030. The lowest BCUT2D eigenvalue weighted by molar-refractivity contribution is -0.121. The van der Waals surface area contributed by atoms with E-state index >= 15 is 0 Å². The Kier molecular flexibility index (Phi) is 6.42. The van der Waals surface area contributed by atoms with Gasteiger partial charge >= 0.3 is 0 Å². The van der Waals surface area contributed by atoms with E-state index in [1.807, 2.05) is 18.2 Å². The van der Waals surface area contributed by atoms with Gasteiger partial charge in [0.25, 0.3) is 0 Å². The molecule has 162 valence electrons. The molecule has 4 rings (SSSR count). The molecule has 0 aliphatic carbocycles. The van der Waals surface area contributed by atoms with Crippen molar-refractivity contribution in [1.29, 1.82) is 0 Å². The first-order valence-electron chi connectivity index (χ1n) is 10.7. The third-order valence-electron chi connectivity index (χ3n) is 5.65. The molecule has 6 nitrogen and oxygen atoms in total. The highest BCUT2D eigenvalue weighted by molar-refractivity contribution is 5.93. The largest absolute Gasteiger partial charge is 0.338 e. The van der Waals surface area contributed by atoms with Crippen molar-refractivity contribution in [2.45, 2.75) is 39.2 Å².